The van der Waals surface area contributed by atoms with E-state index in [1.54, 1.807) is 19.2 Å². The molecule has 23 heavy (non-hydrogen) atoms. The molecule has 0 aliphatic rings. The molecule has 122 valence electrons. The minimum Gasteiger partial charge on any atom is -0.384 e. The molecule has 0 fully saturated rings. The quantitative estimate of drug-likeness (QED) is 0.848. The van der Waals surface area contributed by atoms with Gasteiger partial charge in [0.05, 0.1) is 6.61 Å². The fourth-order valence-corrected chi connectivity index (χ4v) is 3.13. The van der Waals surface area contributed by atoms with Gasteiger partial charge < -0.3 is 10.1 Å². The number of aryl methyl sites for hydroxylation is 1. The van der Waals surface area contributed by atoms with Crippen LogP contribution in [0.2, 0.25) is 0 Å². The third-order valence-electron chi connectivity index (χ3n) is 3.34. The number of amides is 1. The topological polar surface area (TPSA) is 55.4 Å². The van der Waals surface area contributed by atoms with Crippen LogP contribution in [-0.2, 0) is 21.3 Å². The second kappa shape index (κ2) is 8.60. The number of ether oxygens (including phenoxy) is 1. The normalized spacial score (nSPS) is 11.9. The Labute approximate surface area is 139 Å². The Morgan fingerprint density at radius 3 is 2.61 bits per heavy atom. The number of methoxy groups -OCH3 is 1. The van der Waals surface area contributed by atoms with Crippen LogP contribution < -0.4 is 5.32 Å². The van der Waals surface area contributed by atoms with Crippen LogP contribution >= 0.6 is 0 Å². The van der Waals surface area contributed by atoms with Crippen molar-refractivity contribution in [3.8, 4) is 0 Å². The van der Waals surface area contributed by atoms with Gasteiger partial charge in [0.15, 0.2) is 0 Å². The molecule has 0 bridgehead atoms. The van der Waals surface area contributed by atoms with Crippen molar-refractivity contribution in [1.29, 1.82) is 0 Å². The zero-order valence-electron chi connectivity index (χ0n) is 13.4. The predicted molar refractivity (Wildman–Crippen MR) is 94.2 cm³/mol. The van der Waals surface area contributed by atoms with Gasteiger partial charge in [-0.05, 0) is 36.8 Å². The van der Waals surface area contributed by atoms with Gasteiger partial charge in [0, 0.05) is 40.7 Å². The molecule has 0 aliphatic carbocycles. The van der Waals surface area contributed by atoms with Gasteiger partial charge in [-0.1, -0.05) is 29.8 Å². The van der Waals surface area contributed by atoms with E-state index in [0.717, 1.165) is 11.1 Å². The zero-order valence-corrected chi connectivity index (χ0v) is 14.2. The van der Waals surface area contributed by atoms with Gasteiger partial charge in [-0.25, -0.2) is 0 Å². The summed E-state index contributed by atoms with van der Waals surface area (Å²) in [7, 11) is 0.627. The van der Waals surface area contributed by atoms with Gasteiger partial charge in [0.2, 0.25) is 0 Å². The maximum Gasteiger partial charge on any atom is 0.255 e. The summed E-state index contributed by atoms with van der Waals surface area (Å²) in [5.74, 6) is 0.816. The SMILES string of the molecule is COCC[S@](=O)Cc1cccc(NC(=O)c2ccc(C)cc2)c1. The monoisotopic (exact) mass is 331 g/mol. The summed E-state index contributed by atoms with van der Waals surface area (Å²) in [4.78, 5) is 12.2. The Hall–Kier alpha value is -1.98. The van der Waals surface area contributed by atoms with E-state index in [4.69, 9.17) is 4.74 Å². The average Bonchev–Trinajstić information content (AvgIpc) is 2.54. The van der Waals surface area contributed by atoms with Gasteiger partial charge in [-0.15, -0.1) is 0 Å². The smallest absolute Gasteiger partial charge is 0.255 e. The number of nitrogens with one attached hydrogen (secondary N) is 1. The second-order valence-electron chi connectivity index (χ2n) is 5.30. The number of anilines is 1. The summed E-state index contributed by atoms with van der Waals surface area (Å²) in [5.41, 5.74) is 3.37. The van der Waals surface area contributed by atoms with Crippen molar-refractivity contribution in [2.24, 2.45) is 0 Å². The summed E-state index contributed by atoms with van der Waals surface area (Å²) in [6, 6.07) is 14.9. The molecule has 4 nitrogen and oxygen atoms in total. The highest BCUT2D eigenvalue weighted by Gasteiger charge is 2.07. The van der Waals surface area contributed by atoms with Crippen LogP contribution in [-0.4, -0.2) is 29.6 Å². The van der Waals surface area contributed by atoms with Crippen molar-refractivity contribution in [3.05, 3.63) is 65.2 Å². The number of carbonyl (C=O) groups is 1. The van der Waals surface area contributed by atoms with Crippen molar-refractivity contribution in [2.45, 2.75) is 12.7 Å². The summed E-state index contributed by atoms with van der Waals surface area (Å²) in [6.45, 7) is 2.46. The van der Waals surface area contributed by atoms with Crippen LogP contribution in [0, 0.1) is 6.92 Å². The van der Waals surface area contributed by atoms with Crippen LogP contribution in [0.3, 0.4) is 0 Å². The molecule has 1 atom stereocenters. The summed E-state index contributed by atoms with van der Waals surface area (Å²) < 4.78 is 16.8. The van der Waals surface area contributed by atoms with Gasteiger partial charge in [-0.2, -0.15) is 0 Å². The zero-order chi connectivity index (χ0) is 16.7. The number of hydrogen-bond donors (Lipinski definition) is 1. The lowest BCUT2D eigenvalue weighted by Crippen LogP contribution is -2.12. The first-order valence-corrected chi connectivity index (χ1v) is 8.88. The highest BCUT2D eigenvalue weighted by atomic mass is 32.2. The first kappa shape index (κ1) is 17.4. The van der Waals surface area contributed by atoms with Crippen molar-refractivity contribution < 1.29 is 13.7 Å². The first-order valence-electron chi connectivity index (χ1n) is 7.39. The Kier molecular flexibility index (Phi) is 6.50. The molecule has 2 aromatic rings. The van der Waals surface area contributed by atoms with E-state index in [1.807, 2.05) is 43.3 Å². The molecular weight excluding hydrogens is 310 g/mol. The first-order chi connectivity index (χ1) is 11.1. The maximum absolute atomic E-state index is 12.2. The molecule has 0 saturated carbocycles. The fourth-order valence-electron chi connectivity index (χ4n) is 2.08. The molecular formula is C18H21NO3S. The molecule has 1 N–H and O–H groups in total. The highest BCUT2D eigenvalue weighted by Crippen LogP contribution is 2.14. The Morgan fingerprint density at radius 2 is 1.91 bits per heavy atom. The molecule has 0 aromatic heterocycles. The lowest BCUT2D eigenvalue weighted by atomic mass is 10.1. The molecule has 0 saturated heterocycles. The van der Waals surface area contributed by atoms with Gasteiger partial charge in [0.25, 0.3) is 5.91 Å². The van der Waals surface area contributed by atoms with E-state index in [1.165, 1.54) is 0 Å². The number of carbonyl (C=O) groups excluding carboxylic acids is 1. The van der Waals surface area contributed by atoms with Crippen molar-refractivity contribution in [2.75, 3.05) is 24.8 Å². The van der Waals surface area contributed by atoms with E-state index >= 15 is 0 Å². The van der Waals surface area contributed by atoms with E-state index in [0.29, 0.717) is 29.4 Å². The highest BCUT2D eigenvalue weighted by molar-refractivity contribution is 7.84. The van der Waals surface area contributed by atoms with Gasteiger partial charge in [0.1, 0.15) is 0 Å². The van der Waals surface area contributed by atoms with E-state index in [9.17, 15) is 9.00 Å². The molecule has 0 spiro atoms. The molecule has 1 amide bonds. The van der Waals surface area contributed by atoms with Crippen LogP contribution in [0.1, 0.15) is 21.5 Å². The van der Waals surface area contributed by atoms with Crippen LogP contribution in [0.4, 0.5) is 5.69 Å². The minimum absolute atomic E-state index is 0.150. The second-order valence-corrected chi connectivity index (χ2v) is 6.88. The van der Waals surface area contributed by atoms with Crippen molar-refractivity contribution >= 4 is 22.4 Å². The van der Waals surface area contributed by atoms with E-state index in [2.05, 4.69) is 5.32 Å². The number of hydrogen-bond acceptors (Lipinski definition) is 3. The molecule has 2 rings (SSSR count). The third kappa shape index (κ3) is 5.62. The molecule has 0 unspecified atom stereocenters. The lowest BCUT2D eigenvalue weighted by Gasteiger charge is -2.08. The van der Waals surface area contributed by atoms with E-state index in [-0.39, 0.29) is 5.91 Å². The van der Waals surface area contributed by atoms with Gasteiger partial charge in [-0.3, -0.25) is 9.00 Å². The standard InChI is InChI=1S/C18H21NO3S/c1-14-6-8-16(9-7-14)18(20)19-17-5-3-4-15(12-17)13-23(21)11-10-22-2/h3-9,12H,10-11,13H2,1-2H3,(H,19,20)/t23-/m0/s1. The van der Waals surface area contributed by atoms with Gasteiger partial charge >= 0.3 is 0 Å². The molecule has 0 aliphatic heterocycles. The molecule has 2 aromatic carbocycles. The maximum atomic E-state index is 12.2. The molecule has 5 heteroatoms. The number of rotatable bonds is 7. The van der Waals surface area contributed by atoms with Crippen molar-refractivity contribution in [3.63, 3.8) is 0 Å². The Balaban J connectivity index is 2.00. The molecule has 0 radical (unpaired) electrons. The van der Waals surface area contributed by atoms with E-state index < -0.39 is 10.8 Å². The minimum atomic E-state index is -0.968. The molecule has 0 heterocycles. The van der Waals surface area contributed by atoms with Crippen LogP contribution in [0.15, 0.2) is 48.5 Å². The largest absolute Gasteiger partial charge is 0.384 e. The summed E-state index contributed by atoms with van der Waals surface area (Å²) in [6.07, 6.45) is 0. The van der Waals surface area contributed by atoms with Crippen LogP contribution in [0.25, 0.3) is 0 Å². The summed E-state index contributed by atoms with van der Waals surface area (Å²) >= 11 is 0. The summed E-state index contributed by atoms with van der Waals surface area (Å²) in [5, 5.41) is 2.87. The fraction of sp³-hybridized carbons (Fsp3) is 0.278. The average molecular weight is 331 g/mol. The third-order valence-corrected chi connectivity index (χ3v) is 4.62. The Morgan fingerprint density at radius 1 is 1.17 bits per heavy atom. The predicted octanol–water partition coefficient (Wildman–Crippen LogP) is 3.14. The Bertz CT molecular complexity index is 683. The van der Waals surface area contributed by atoms with Crippen LogP contribution in [0.5, 0.6) is 0 Å². The van der Waals surface area contributed by atoms with Crippen molar-refractivity contribution in [1.82, 2.24) is 0 Å². The lowest BCUT2D eigenvalue weighted by molar-refractivity contribution is 0.102. The number of benzene rings is 2.